The second-order valence-electron chi connectivity index (χ2n) is 6.75. The van der Waals surface area contributed by atoms with Gasteiger partial charge >= 0.3 is 0 Å². The molecular weight excluding hydrogens is 328 g/mol. The molecule has 0 unspecified atom stereocenters. The number of rotatable bonds is 3. The maximum Gasteiger partial charge on any atom is 0.229 e. The summed E-state index contributed by atoms with van der Waals surface area (Å²) in [6.45, 7) is 3.24. The van der Waals surface area contributed by atoms with Crippen molar-refractivity contribution in [3.05, 3.63) is 34.4 Å². The van der Waals surface area contributed by atoms with Crippen molar-refractivity contribution < 1.29 is 35.0 Å². The molecule has 0 aromatic heterocycles. The molecule has 1 aliphatic carbocycles. The summed E-state index contributed by atoms with van der Waals surface area (Å²) in [6.07, 6.45) is -3.45. The lowest BCUT2D eigenvalue weighted by Crippen LogP contribution is -2.60. The van der Waals surface area contributed by atoms with Crippen LogP contribution >= 0.6 is 0 Å². The van der Waals surface area contributed by atoms with Gasteiger partial charge in [0.15, 0.2) is 0 Å². The Labute approximate surface area is 145 Å². The SMILES string of the molecule is CC1=CCc2c(O)cc(C)c(O[C@@H]3O[C@H](CO)[C@@H](O)[C@H](O)[C@H]3O)c2C1. The minimum atomic E-state index is -1.49. The van der Waals surface area contributed by atoms with Crippen molar-refractivity contribution in [3.8, 4) is 11.5 Å². The van der Waals surface area contributed by atoms with Gasteiger partial charge in [0.1, 0.15) is 35.9 Å². The third kappa shape index (κ3) is 3.26. The van der Waals surface area contributed by atoms with Gasteiger partial charge in [-0.05, 0) is 38.3 Å². The fraction of sp³-hybridized carbons (Fsp3) is 0.556. The zero-order chi connectivity index (χ0) is 18.3. The van der Waals surface area contributed by atoms with Gasteiger partial charge in [-0.25, -0.2) is 0 Å². The molecule has 7 nitrogen and oxygen atoms in total. The van der Waals surface area contributed by atoms with E-state index in [2.05, 4.69) is 0 Å². The number of hydrogen-bond donors (Lipinski definition) is 5. The molecule has 1 aromatic rings. The summed E-state index contributed by atoms with van der Waals surface area (Å²) < 4.78 is 11.3. The summed E-state index contributed by atoms with van der Waals surface area (Å²) >= 11 is 0. The third-order valence-corrected chi connectivity index (χ3v) is 4.85. The molecule has 3 rings (SSSR count). The molecule has 1 saturated heterocycles. The quantitative estimate of drug-likeness (QED) is 0.483. The number of phenolic OH excluding ortho intramolecular Hbond substituents is 1. The topological polar surface area (TPSA) is 120 Å². The number of phenols is 1. The van der Waals surface area contributed by atoms with Crippen molar-refractivity contribution in [3.63, 3.8) is 0 Å². The van der Waals surface area contributed by atoms with Gasteiger partial charge in [0.2, 0.25) is 6.29 Å². The van der Waals surface area contributed by atoms with Crippen LogP contribution in [0.25, 0.3) is 0 Å². The van der Waals surface area contributed by atoms with Gasteiger partial charge in [0.25, 0.3) is 0 Å². The van der Waals surface area contributed by atoms with Crippen LogP contribution in [0.1, 0.15) is 23.6 Å². The van der Waals surface area contributed by atoms with E-state index in [9.17, 15) is 25.5 Å². The first-order chi connectivity index (χ1) is 11.8. The predicted octanol–water partition coefficient (Wildman–Crippen LogP) is -0.0758. The first-order valence-electron chi connectivity index (χ1n) is 8.30. The lowest BCUT2D eigenvalue weighted by molar-refractivity contribution is -0.277. The zero-order valence-electron chi connectivity index (χ0n) is 14.2. The number of allylic oxidation sites excluding steroid dienone is 2. The van der Waals surface area contributed by atoms with E-state index in [4.69, 9.17) is 9.47 Å². The lowest BCUT2D eigenvalue weighted by atomic mass is 9.89. The molecule has 5 N–H and O–H groups in total. The summed E-state index contributed by atoms with van der Waals surface area (Å²) in [5.41, 5.74) is 3.38. The highest BCUT2D eigenvalue weighted by atomic mass is 16.7. The molecule has 0 saturated carbocycles. The molecule has 1 aromatic carbocycles. The number of aliphatic hydroxyl groups excluding tert-OH is 4. The molecule has 7 heteroatoms. The number of aliphatic hydroxyl groups is 4. The van der Waals surface area contributed by atoms with Crippen molar-refractivity contribution in [1.29, 1.82) is 0 Å². The van der Waals surface area contributed by atoms with E-state index in [0.717, 1.165) is 16.7 Å². The van der Waals surface area contributed by atoms with Gasteiger partial charge in [-0.15, -0.1) is 0 Å². The van der Waals surface area contributed by atoms with Crippen LogP contribution in [0.15, 0.2) is 17.7 Å². The molecule has 1 fully saturated rings. The van der Waals surface area contributed by atoms with Crippen LogP contribution in [0.3, 0.4) is 0 Å². The summed E-state index contributed by atoms with van der Waals surface area (Å²) in [5.74, 6) is 0.669. The van der Waals surface area contributed by atoms with Crippen molar-refractivity contribution in [1.82, 2.24) is 0 Å². The molecule has 2 aliphatic rings. The Balaban J connectivity index is 1.93. The zero-order valence-corrected chi connectivity index (χ0v) is 14.2. The Kier molecular flexibility index (Phi) is 5.04. The molecule has 138 valence electrons. The number of hydrogen-bond acceptors (Lipinski definition) is 7. The van der Waals surface area contributed by atoms with Crippen LogP contribution in [0.2, 0.25) is 0 Å². The maximum atomic E-state index is 10.2. The highest BCUT2D eigenvalue weighted by Gasteiger charge is 2.45. The van der Waals surface area contributed by atoms with Gasteiger partial charge in [-0.2, -0.15) is 0 Å². The number of ether oxygens (including phenoxy) is 2. The van der Waals surface area contributed by atoms with Crippen LogP contribution < -0.4 is 4.74 Å². The van der Waals surface area contributed by atoms with E-state index in [-0.39, 0.29) is 5.75 Å². The van der Waals surface area contributed by atoms with E-state index < -0.39 is 37.3 Å². The van der Waals surface area contributed by atoms with Crippen LogP contribution in [-0.2, 0) is 17.6 Å². The first-order valence-corrected chi connectivity index (χ1v) is 8.30. The maximum absolute atomic E-state index is 10.2. The Hall–Kier alpha value is -1.64. The average molecular weight is 352 g/mol. The molecular formula is C18H24O7. The van der Waals surface area contributed by atoms with E-state index >= 15 is 0 Å². The fourth-order valence-electron chi connectivity index (χ4n) is 3.37. The summed E-state index contributed by atoms with van der Waals surface area (Å²) in [7, 11) is 0. The fourth-order valence-corrected chi connectivity index (χ4v) is 3.37. The summed E-state index contributed by atoms with van der Waals surface area (Å²) in [6, 6.07) is 1.59. The van der Waals surface area contributed by atoms with Crippen LogP contribution in [0, 0.1) is 6.92 Å². The van der Waals surface area contributed by atoms with E-state index in [1.165, 1.54) is 0 Å². The van der Waals surface area contributed by atoms with Crippen molar-refractivity contribution in [2.75, 3.05) is 6.61 Å². The number of aromatic hydroxyl groups is 1. The number of aryl methyl sites for hydroxylation is 1. The second-order valence-corrected chi connectivity index (χ2v) is 6.75. The number of benzene rings is 1. The molecule has 1 heterocycles. The van der Waals surface area contributed by atoms with Crippen molar-refractivity contribution in [2.24, 2.45) is 0 Å². The number of fused-ring (bicyclic) bond motifs is 1. The molecule has 0 amide bonds. The van der Waals surface area contributed by atoms with E-state index in [1.54, 1.807) is 13.0 Å². The Morgan fingerprint density at radius 1 is 1.12 bits per heavy atom. The van der Waals surface area contributed by atoms with Crippen molar-refractivity contribution in [2.45, 2.75) is 57.4 Å². The normalized spacial score (nSPS) is 32.1. The van der Waals surface area contributed by atoms with Crippen LogP contribution in [0.4, 0.5) is 0 Å². The summed E-state index contributed by atoms with van der Waals surface area (Å²) in [5, 5.41) is 49.5. The predicted molar refractivity (Wildman–Crippen MR) is 88.4 cm³/mol. The highest BCUT2D eigenvalue weighted by molar-refractivity contribution is 5.56. The first kappa shape index (κ1) is 18.2. The molecule has 0 spiro atoms. The molecule has 0 bridgehead atoms. The minimum absolute atomic E-state index is 0.192. The monoisotopic (exact) mass is 352 g/mol. The summed E-state index contributed by atoms with van der Waals surface area (Å²) in [4.78, 5) is 0. The second kappa shape index (κ2) is 6.93. The van der Waals surface area contributed by atoms with Gasteiger partial charge in [0, 0.05) is 11.1 Å². The minimum Gasteiger partial charge on any atom is -0.508 e. The van der Waals surface area contributed by atoms with Gasteiger partial charge in [0.05, 0.1) is 6.61 Å². The molecule has 0 radical (unpaired) electrons. The van der Waals surface area contributed by atoms with Gasteiger partial charge < -0.3 is 35.0 Å². The molecule has 5 atom stereocenters. The van der Waals surface area contributed by atoms with Gasteiger partial charge in [-0.3, -0.25) is 0 Å². The smallest absolute Gasteiger partial charge is 0.229 e. The standard InChI is InChI=1S/C18H24O7/c1-8-3-4-10-11(5-8)17(9(2)6-12(10)20)25-18-16(23)15(22)14(21)13(7-19)24-18/h3,6,13-16,18-23H,4-5,7H2,1-2H3/t13-,14-,15+,16-,18+/m1/s1. The van der Waals surface area contributed by atoms with Crippen LogP contribution in [0.5, 0.6) is 11.5 Å². The Morgan fingerprint density at radius 2 is 1.84 bits per heavy atom. The highest BCUT2D eigenvalue weighted by Crippen LogP contribution is 2.39. The van der Waals surface area contributed by atoms with Crippen LogP contribution in [-0.4, -0.2) is 62.8 Å². The Bertz CT molecular complexity index is 682. The molecule has 25 heavy (non-hydrogen) atoms. The molecule has 1 aliphatic heterocycles. The van der Waals surface area contributed by atoms with E-state index in [1.807, 2.05) is 13.0 Å². The third-order valence-electron chi connectivity index (χ3n) is 4.85. The van der Waals surface area contributed by atoms with Gasteiger partial charge in [-0.1, -0.05) is 11.6 Å². The Morgan fingerprint density at radius 3 is 2.52 bits per heavy atom. The average Bonchev–Trinajstić information content (AvgIpc) is 2.58. The van der Waals surface area contributed by atoms with Crippen molar-refractivity contribution >= 4 is 0 Å². The largest absolute Gasteiger partial charge is 0.508 e. The lowest BCUT2D eigenvalue weighted by Gasteiger charge is -2.40. The van der Waals surface area contributed by atoms with E-state index in [0.29, 0.717) is 24.2 Å².